The molecule has 0 aliphatic heterocycles. The number of hydrogen-bond acceptors (Lipinski definition) is 9. The van der Waals surface area contributed by atoms with Crippen LogP contribution in [0, 0.1) is 57.2 Å². The zero-order chi connectivity index (χ0) is 42.5. The normalized spacial score (nSPS) is 42.9. The maximum atomic E-state index is 12.3. The van der Waals surface area contributed by atoms with Gasteiger partial charge >= 0.3 is 29.8 Å². The van der Waals surface area contributed by atoms with Gasteiger partial charge in [-0.3, -0.25) is 24.0 Å². The standard InChI is InChI=1S/C27H38O8.C21H32O3/c1-26-13-11-17(34-24(32)9-7-22(28)29)15-16(26)3-4-18-19-5-6-21(27(19,2)14-12-20(18)26)35-25(33)10-8-23(30)31;1-13(22)24-15-8-10-20(2)14(12-15)4-5-16-17-6-7-19(23)21(17,3)11-9-18(16)20/h3,17-21H,4-15H2,1-2H3,(H,28,29)(H,30,31);4,15-19,23H,5-12H2,1-3H3/t17-,18?,19?,20?,21-,26-,27-;15-,16?,17?,18?,19-,20-,21-/m00/s1. The first-order valence-electron chi connectivity index (χ1n) is 22.9. The molecule has 0 aromatic carbocycles. The van der Waals surface area contributed by atoms with E-state index in [1.165, 1.54) is 31.8 Å². The van der Waals surface area contributed by atoms with E-state index in [9.17, 15) is 29.1 Å². The summed E-state index contributed by atoms with van der Waals surface area (Å²) in [5.74, 6) is 0.755. The van der Waals surface area contributed by atoms with Crippen molar-refractivity contribution in [1.29, 1.82) is 0 Å². The maximum absolute atomic E-state index is 12.3. The third-order valence-corrected chi connectivity index (χ3v) is 18.0. The van der Waals surface area contributed by atoms with Gasteiger partial charge in [-0.15, -0.1) is 0 Å². The topological polar surface area (TPSA) is 174 Å². The molecule has 0 spiro atoms. The van der Waals surface area contributed by atoms with E-state index < -0.39 is 23.9 Å². The molecular weight excluding hydrogens is 753 g/mol. The number of carbonyl (C=O) groups is 5. The van der Waals surface area contributed by atoms with Gasteiger partial charge in [0, 0.05) is 25.2 Å². The first kappa shape index (κ1) is 43.9. The number of aliphatic carboxylic acids is 2. The second-order valence-corrected chi connectivity index (χ2v) is 20.9. The van der Waals surface area contributed by atoms with E-state index in [4.69, 9.17) is 24.4 Å². The highest BCUT2D eigenvalue weighted by atomic mass is 16.6. The quantitative estimate of drug-likeness (QED) is 0.115. The number of fused-ring (bicyclic) bond motifs is 10. The molecule has 8 aliphatic rings. The van der Waals surface area contributed by atoms with E-state index in [-0.39, 0.29) is 77.7 Å². The smallest absolute Gasteiger partial charge is 0.306 e. The summed E-state index contributed by atoms with van der Waals surface area (Å²) in [4.78, 5) is 57.2. The summed E-state index contributed by atoms with van der Waals surface area (Å²) in [7, 11) is 0. The van der Waals surface area contributed by atoms with Crippen LogP contribution in [0.5, 0.6) is 0 Å². The Balaban J connectivity index is 0.000000191. The fourth-order valence-electron chi connectivity index (χ4n) is 14.7. The van der Waals surface area contributed by atoms with Crippen molar-refractivity contribution in [3.05, 3.63) is 23.3 Å². The summed E-state index contributed by atoms with van der Waals surface area (Å²) in [5, 5.41) is 28.2. The van der Waals surface area contributed by atoms with Crippen molar-refractivity contribution in [2.24, 2.45) is 57.2 Å². The largest absolute Gasteiger partial charge is 0.481 e. The zero-order valence-corrected chi connectivity index (χ0v) is 36.2. The van der Waals surface area contributed by atoms with Crippen molar-refractivity contribution in [1.82, 2.24) is 0 Å². The van der Waals surface area contributed by atoms with Gasteiger partial charge in [-0.05, 0) is 142 Å². The SMILES string of the molecule is CC(=O)O[C@H]1CC[C@@]2(C)C(=CCC3C2CC[C@@]2(C)C3CC[C@@H]2O)C1.C[C@]12CC[C@H](OC(=O)CCC(=O)O)CC1=CCC1C2CC[C@@]2(C)C1CC[C@@H]2OC(=O)CCC(=O)O. The molecule has 0 aromatic rings. The summed E-state index contributed by atoms with van der Waals surface area (Å²) >= 11 is 0. The molecule has 6 saturated carbocycles. The Kier molecular flexibility index (Phi) is 12.6. The summed E-state index contributed by atoms with van der Waals surface area (Å²) < 4.78 is 17.0. The van der Waals surface area contributed by atoms with Crippen LogP contribution in [0.15, 0.2) is 23.3 Å². The number of carbonyl (C=O) groups excluding carboxylic acids is 3. The minimum atomic E-state index is -0.993. The number of carboxylic acids is 2. The Morgan fingerprint density at radius 1 is 0.576 bits per heavy atom. The van der Waals surface area contributed by atoms with Crippen molar-refractivity contribution in [2.75, 3.05) is 0 Å². The molecule has 0 amide bonds. The Labute approximate surface area is 350 Å². The molecule has 3 N–H and O–H groups in total. The monoisotopic (exact) mass is 822 g/mol. The van der Waals surface area contributed by atoms with Gasteiger partial charge in [0.05, 0.1) is 31.8 Å². The second kappa shape index (κ2) is 16.9. The van der Waals surface area contributed by atoms with Gasteiger partial charge in [0.1, 0.15) is 18.3 Å². The van der Waals surface area contributed by atoms with Crippen LogP contribution in [0.2, 0.25) is 0 Å². The lowest BCUT2D eigenvalue weighted by molar-refractivity contribution is -0.161. The molecule has 0 saturated heterocycles. The van der Waals surface area contributed by atoms with Crippen LogP contribution < -0.4 is 0 Å². The van der Waals surface area contributed by atoms with Crippen LogP contribution in [0.25, 0.3) is 0 Å². The number of esters is 3. The van der Waals surface area contributed by atoms with E-state index in [0.717, 1.165) is 95.3 Å². The lowest BCUT2D eigenvalue weighted by atomic mass is 9.48. The number of rotatable bonds is 9. The molecule has 6 unspecified atom stereocenters. The molecule has 6 fully saturated rings. The van der Waals surface area contributed by atoms with Crippen LogP contribution >= 0.6 is 0 Å². The van der Waals surface area contributed by atoms with Crippen LogP contribution in [-0.4, -0.2) is 69.6 Å². The highest BCUT2D eigenvalue weighted by Gasteiger charge is 2.61. The molecule has 14 atom stereocenters. The van der Waals surface area contributed by atoms with E-state index in [1.54, 1.807) is 5.57 Å². The fourth-order valence-corrected chi connectivity index (χ4v) is 14.7. The highest BCUT2D eigenvalue weighted by Crippen LogP contribution is 2.67. The molecule has 0 heterocycles. The predicted octanol–water partition coefficient (Wildman–Crippen LogP) is 8.74. The Morgan fingerprint density at radius 3 is 1.58 bits per heavy atom. The molecule has 8 rings (SSSR count). The van der Waals surface area contributed by atoms with Gasteiger partial charge in [-0.1, -0.05) is 51.0 Å². The highest BCUT2D eigenvalue weighted by molar-refractivity contribution is 5.77. The molecule has 11 nitrogen and oxygen atoms in total. The molecule has 328 valence electrons. The summed E-state index contributed by atoms with van der Waals surface area (Å²) in [5.41, 5.74) is 3.36. The first-order valence-corrected chi connectivity index (χ1v) is 22.9. The maximum Gasteiger partial charge on any atom is 0.306 e. The van der Waals surface area contributed by atoms with Gasteiger partial charge in [-0.25, -0.2) is 0 Å². The number of aliphatic hydroxyl groups is 1. The van der Waals surface area contributed by atoms with E-state index in [1.807, 2.05) is 0 Å². The second-order valence-electron chi connectivity index (χ2n) is 20.9. The molecule has 0 bridgehead atoms. The fraction of sp³-hybridized carbons (Fsp3) is 0.812. The summed E-state index contributed by atoms with van der Waals surface area (Å²) in [6, 6.07) is 0. The van der Waals surface area contributed by atoms with E-state index in [2.05, 4.69) is 39.8 Å². The van der Waals surface area contributed by atoms with Gasteiger partial charge < -0.3 is 29.5 Å². The number of ether oxygens (including phenoxy) is 3. The van der Waals surface area contributed by atoms with Crippen molar-refractivity contribution in [2.45, 2.75) is 187 Å². The van der Waals surface area contributed by atoms with Crippen LogP contribution in [-0.2, 0) is 38.2 Å². The molecule has 8 aliphatic carbocycles. The minimum Gasteiger partial charge on any atom is -0.481 e. The summed E-state index contributed by atoms with van der Waals surface area (Å²) in [6.45, 7) is 10.9. The number of carboxylic acid groups (broad SMARTS) is 2. The van der Waals surface area contributed by atoms with Gasteiger partial charge in [0.25, 0.3) is 0 Å². The molecule has 0 aromatic heterocycles. The third kappa shape index (κ3) is 8.40. The summed E-state index contributed by atoms with van der Waals surface area (Å²) in [6.07, 6.45) is 20.2. The number of hydrogen-bond donors (Lipinski definition) is 3. The van der Waals surface area contributed by atoms with Gasteiger partial charge in [-0.2, -0.15) is 0 Å². The minimum absolute atomic E-state index is 0.0708. The number of allylic oxidation sites excluding steroid dienone is 2. The van der Waals surface area contributed by atoms with E-state index >= 15 is 0 Å². The number of aliphatic hydroxyl groups excluding tert-OH is 1. The van der Waals surface area contributed by atoms with Gasteiger partial charge in [0.2, 0.25) is 0 Å². The Morgan fingerprint density at radius 2 is 1.05 bits per heavy atom. The van der Waals surface area contributed by atoms with Gasteiger partial charge in [0.15, 0.2) is 0 Å². The predicted molar refractivity (Wildman–Crippen MR) is 218 cm³/mol. The van der Waals surface area contributed by atoms with Crippen molar-refractivity contribution >= 4 is 29.8 Å². The first-order chi connectivity index (χ1) is 27.9. The van der Waals surface area contributed by atoms with E-state index in [0.29, 0.717) is 23.7 Å². The molecular formula is C48H70O11. The van der Waals surface area contributed by atoms with Crippen molar-refractivity contribution < 1.29 is 53.5 Å². The molecule has 59 heavy (non-hydrogen) atoms. The van der Waals surface area contributed by atoms with Crippen LogP contribution in [0.1, 0.15) is 163 Å². The van der Waals surface area contributed by atoms with Crippen molar-refractivity contribution in [3.8, 4) is 0 Å². The lowest BCUT2D eigenvalue weighted by Gasteiger charge is -2.57. The Bertz CT molecular complexity index is 1720. The molecule has 0 radical (unpaired) electrons. The van der Waals surface area contributed by atoms with Crippen LogP contribution in [0.3, 0.4) is 0 Å². The van der Waals surface area contributed by atoms with Crippen LogP contribution in [0.4, 0.5) is 0 Å². The zero-order valence-electron chi connectivity index (χ0n) is 36.2. The Hall–Kier alpha value is -3.21. The third-order valence-electron chi connectivity index (χ3n) is 18.0. The molecule has 11 heteroatoms. The average Bonchev–Trinajstić information content (AvgIpc) is 3.67. The lowest BCUT2D eigenvalue weighted by Crippen LogP contribution is -2.51. The van der Waals surface area contributed by atoms with Crippen molar-refractivity contribution in [3.63, 3.8) is 0 Å². The average molecular weight is 823 g/mol.